The molecule has 1 fully saturated rings. The molecule has 0 heterocycles. The average Bonchev–Trinajstić information content (AvgIpc) is 3.14. The number of carbonyl (C=O) groups is 3. The van der Waals surface area contributed by atoms with Crippen molar-refractivity contribution in [1.29, 1.82) is 0 Å². The summed E-state index contributed by atoms with van der Waals surface area (Å²) in [5, 5.41) is 0. The lowest BCUT2D eigenvalue weighted by atomic mass is 9.74. The van der Waals surface area contributed by atoms with Crippen molar-refractivity contribution < 1.29 is 28.6 Å². The lowest BCUT2D eigenvalue weighted by Crippen LogP contribution is -2.40. The van der Waals surface area contributed by atoms with Gasteiger partial charge in [-0.05, 0) is 38.5 Å². The Kier molecular flexibility index (Phi) is 33.0. The van der Waals surface area contributed by atoms with Crippen molar-refractivity contribution in [3.63, 3.8) is 0 Å². The van der Waals surface area contributed by atoms with Gasteiger partial charge in [0.25, 0.3) is 0 Å². The highest BCUT2D eigenvalue weighted by Crippen LogP contribution is 2.36. The van der Waals surface area contributed by atoms with Gasteiger partial charge in [-0.1, -0.05) is 194 Å². The molecule has 0 radical (unpaired) electrons. The third-order valence-corrected chi connectivity index (χ3v) is 11.0. The fourth-order valence-corrected chi connectivity index (χ4v) is 7.55. The summed E-state index contributed by atoms with van der Waals surface area (Å²) < 4.78 is 17.2. The van der Waals surface area contributed by atoms with E-state index in [0.29, 0.717) is 39.1 Å². The highest BCUT2D eigenvalue weighted by molar-refractivity contribution is 5.83. The Morgan fingerprint density at radius 2 is 0.627 bits per heavy atom. The molecule has 0 amide bonds. The van der Waals surface area contributed by atoms with Crippen LogP contribution in [0.3, 0.4) is 0 Å². The predicted octanol–water partition coefficient (Wildman–Crippen LogP) is 13.4. The Balaban J connectivity index is 2.44. The quantitative estimate of drug-likeness (QED) is 0.0364. The summed E-state index contributed by atoms with van der Waals surface area (Å²) in [5.41, 5.74) is 0. The van der Waals surface area contributed by atoms with E-state index in [1.165, 1.54) is 148 Å². The van der Waals surface area contributed by atoms with Crippen molar-refractivity contribution in [2.24, 2.45) is 17.8 Å². The maximum atomic E-state index is 13.4. The number of hydrogen-bond donors (Lipinski definition) is 0. The van der Waals surface area contributed by atoms with E-state index in [2.05, 4.69) is 20.8 Å². The van der Waals surface area contributed by atoms with Crippen LogP contribution in [0, 0.1) is 17.8 Å². The number of ether oxygens (including phenoxy) is 3. The molecule has 0 aromatic heterocycles. The molecule has 51 heavy (non-hydrogen) atoms. The molecule has 6 heteroatoms. The SMILES string of the molecule is CCCCCCCCCCCCOC(=O)C1CCC(C(=O)OCCCCCCCCCCCC)C(C(=O)OCCCCCCCCCCCC)C1. The van der Waals surface area contributed by atoms with Crippen LogP contribution in [-0.2, 0) is 28.6 Å². The van der Waals surface area contributed by atoms with Gasteiger partial charge >= 0.3 is 17.9 Å². The topological polar surface area (TPSA) is 78.9 Å². The number of esters is 3. The smallest absolute Gasteiger partial charge is 0.309 e. The van der Waals surface area contributed by atoms with Crippen LogP contribution in [0.25, 0.3) is 0 Å². The van der Waals surface area contributed by atoms with E-state index >= 15 is 0 Å². The highest BCUT2D eigenvalue weighted by Gasteiger charge is 2.43. The van der Waals surface area contributed by atoms with E-state index in [0.717, 1.165) is 44.9 Å². The van der Waals surface area contributed by atoms with Crippen molar-refractivity contribution in [2.45, 2.75) is 233 Å². The number of unbranched alkanes of at least 4 members (excludes halogenated alkanes) is 27. The van der Waals surface area contributed by atoms with E-state index in [-0.39, 0.29) is 23.8 Å². The van der Waals surface area contributed by atoms with Crippen LogP contribution >= 0.6 is 0 Å². The molecular weight excluding hydrogens is 636 g/mol. The van der Waals surface area contributed by atoms with Gasteiger partial charge < -0.3 is 14.2 Å². The Bertz CT molecular complexity index is 813. The number of rotatable bonds is 36. The summed E-state index contributed by atoms with van der Waals surface area (Å²) in [5.74, 6) is -2.43. The first-order valence-corrected chi connectivity index (χ1v) is 22.5. The van der Waals surface area contributed by atoms with Crippen molar-refractivity contribution in [3.05, 3.63) is 0 Å². The zero-order chi connectivity index (χ0) is 37.0. The first kappa shape index (κ1) is 47.4. The molecular formula is C45H84O6. The van der Waals surface area contributed by atoms with E-state index in [4.69, 9.17) is 14.2 Å². The second-order valence-corrected chi connectivity index (χ2v) is 15.8. The summed E-state index contributed by atoms with van der Waals surface area (Å²) in [4.78, 5) is 39.7. The Morgan fingerprint density at radius 3 is 0.961 bits per heavy atom. The normalized spacial score (nSPS) is 17.4. The predicted molar refractivity (Wildman–Crippen MR) is 213 cm³/mol. The highest BCUT2D eigenvalue weighted by atomic mass is 16.5. The van der Waals surface area contributed by atoms with Crippen LogP contribution < -0.4 is 0 Å². The van der Waals surface area contributed by atoms with Gasteiger partial charge in [0.2, 0.25) is 0 Å². The summed E-state index contributed by atoms with van der Waals surface area (Å²) >= 11 is 0. The maximum Gasteiger partial charge on any atom is 0.309 e. The minimum Gasteiger partial charge on any atom is -0.465 e. The lowest BCUT2D eigenvalue weighted by molar-refractivity contribution is -0.167. The van der Waals surface area contributed by atoms with E-state index in [1.54, 1.807) is 0 Å². The molecule has 0 aromatic carbocycles. The van der Waals surface area contributed by atoms with Gasteiger partial charge in [-0.2, -0.15) is 0 Å². The van der Waals surface area contributed by atoms with Crippen LogP contribution in [0.5, 0.6) is 0 Å². The van der Waals surface area contributed by atoms with Crippen molar-refractivity contribution in [3.8, 4) is 0 Å². The second-order valence-electron chi connectivity index (χ2n) is 15.8. The molecule has 3 atom stereocenters. The zero-order valence-corrected chi connectivity index (χ0v) is 34.1. The van der Waals surface area contributed by atoms with Gasteiger partial charge in [-0.25, -0.2) is 0 Å². The molecule has 0 spiro atoms. The average molecular weight is 721 g/mol. The summed E-state index contributed by atoms with van der Waals surface area (Å²) in [6, 6.07) is 0. The summed E-state index contributed by atoms with van der Waals surface area (Å²) in [6.07, 6.45) is 38.1. The van der Waals surface area contributed by atoms with Gasteiger partial charge in [0.15, 0.2) is 0 Å². The van der Waals surface area contributed by atoms with Crippen LogP contribution in [0.1, 0.15) is 233 Å². The molecule has 0 saturated heterocycles. The van der Waals surface area contributed by atoms with Gasteiger partial charge in [0, 0.05) is 0 Å². The summed E-state index contributed by atoms with van der Waals surface area (Å²) in [7, 11) is 0. The minimum absolute atomic E-state index is 0.226. The first-order chi connectivity index (χ1) is 25.0. The van der Waals surface area contributed by atoms with Crippen LogP contribution in [0.4, 0.5) is 0 Å². The van der Waals surface area contributed by atoms with Gasteiger partial charge in [-0.15, -0.1) is 0 Å². The zero-order valence-electron chi connectivity index (χ0n) is 34.1. The molecule has 300 valence electrons. The van der Waals surface area contributed by atoms with Crippen molar-refractivity contribution in [1.82, 2.24) is 0 Å². The third kappa shape index (κ3) is 26.8. The molecule has 3 unspecified atom stereocenters. The van der Waals surface area contributed by atoms with E-state index < -0.39 is 11.8 Å². The largest absolute Gasteiger partial charge is 0.465 e. The maximum absolute atomic E-state index is 13.4. The third-order valence-electron chi connectivity index (χ3n) is 11.0. The van der Waals surface area contributed by atoms with Crippen molar-refractivity contribution >= 4 is 17.9 Å². The lowest BCUT2D eigenvalue weighted by Gasteiger charge is -2.32. The summed E-state index contributed by atoms with van der Waals surface area (Å²) in [6.45, 7) is 7.96. The molecule has 0 N–H and O–H groups in total. The number of carbonyl (C=O) groups excluding carboxylic acids is 3. The molecule has 1 rings (SSSR count). The molecule has 0 aromatic rings. The Morgan fingerprint density at radius 1 is 0.353 bits per heavy atom. The molecule has 1 saturated carbocycles. The van der Waals surface area contributed by atoms with Gasteiger partial charge in [-0.3, -0.25) is 14.4 Å². The minimum atomic E-state index is -0.642. The molecule has 6 nitrogen and oxygen atoms in total. The van der Waals surface area contributed by atoms with Gasteiger partial charge in [0.1, 0.15) is 0 Å². The van der Waals surface area contributed by atoms with E-state index in [9.17, 15) is 14.4 Å². The first-order valence-electron chi connectivity index (χ1n) is 22.5. The molecule has 0 aliphatic heterocycles. The Hall–Kier alpha value is -1.59. The number of hydrogen-bond acceptors (Lipinski definition) is 6. The molecule has 1 aliphatic carbocycles. The standard InChI is InChI=1S/C45H84O6/c1-4-7-10-13-16-19-22-25-28-31-36-49-43(46)40-34-35-41(44(47)50-37-32-29-26-23-20-17-14-11-8-5-2)42(39-40)45(48)51-38-33-30-27-24-21-18-15-12-9-6-3/h40-42H,4-39H2,1-3H3. The Labute approximate surface area is 316 Å². The second kappa shape index (κ2) is 35.4. The van der Waals surface area contributed by atoms with Crippen LogP contribution in [0.15, 0.2) is 0 Å². The fourth-order valence-electron chi connectivity index (χ4n) is 7.55. The van der Waals surface area contributed by atoms with Crippen LogP contribution in [0.2, 0.25) is 0 Å². The fraction of sp³-hybridized carbons (Fsp3) is 0.933. The van der Waals surface area contributed by atoms with Crippen LogP contribution in [-0.4, -0.2) is 37.7 Å². The molecule has 1 aliphatic rings. The van der Waals surface area contributed by atoms with E-state index in [1.807, 2.05) is 0 Å². The van der Waals surface area contributed by atoms with Crippen molar-refractivity contribution in [2.75, 3.05) is 19.8 Å². The molecule has 0 bridgehead atoms. The monoisotopic (exact) mass is 721 g/mol. The van der Waals surface area contributed by atoms with Gasteiger partial charge in [0.05, 0.1) is 37.6 Å².